The average Bonchev–Trinajstić information content (AvgIpc) is 2.55. The van der Waals surface area contributed by atoms with Crippen LogP contribution in [0.5, 0.6) is 0 Å². The maximum Gasteiger partial charge on any atom is 0.446 e. The molecule has 2 rings (SSSR count). The maximum atomic E-state index is 13.7. The van der Waals surface area contributed by atoms with Crippen LogP contribution in [0.4, 0.5) is 13.2 Å². The van der Waals surface area contributed by atoms with Gasteiger partial charge in [-0.15, -0.1) is 0 Å². The van der Waals surface area contributed by atoms with Crippen molar-refractivity contribution in [3.8, 4) is 0 Å². The lowest BCUT2D eigenvalue weighted by atomic mass is 10.1. The zero-order valence-corrected chi connectivity index (χ0v) is 13.9. The number of hydrogen-bond acceptors (Lipinski definition) is 6. The second-order valence-electron chi connectivity index (χ2n) is 5.69. The number of amidine groups is 1. The van der Waals surface area contributed by atoms with Gasteiger partial charge in [-0.2, -0.15) is 18.2 Å². The van der Waals surface area contributed by atoms with Crippen molar-refractivity contribution < 1.29 is 27.4 Å². The number of aliphatic imine (C=N–C) groups is 2. The van der Waals surface area contributed by atoms with E-state index in [-0.39, 0.29) is 24.9 Å². The van der Waals surface area contributed by atoms with Gasteiger partial charge in [0.2, 0.25) is 0 Å². The van der Waals surface area contributed by atoms with Crippen molar-refractivity contribution in [2.45, 2.75) is 57.8 Å². The largest absolute Gasteiger partial charge is 0.462 e. The minimum absolute atomic E-state index is 0.140. The Labute approximate surface area is 138 Å². The van der Waals surface area contributed by atoms with Gasteiger partial charge in [0, 0.05) is 19.5 Å². The predicted molar refractivity (Wildman–Crippen MR) is 81.7 cm³/mol. The summed E-state index contributed by atoms with van der Waals surface area (Å²) < 4.78 is 51.3. The van der Waals surface area contributed by atoms with Crippen LogP contribution in [-0.2, 0) is 14.3 Å². The highest BCUT2D eigenvalue weighted by atomic mass is 19.4. The molecule has 0 aromatic carbocycles. The molecule has 6 nitrogen and oxygen atoms in total. The number of piperidine rings is 1. The number of carbonyl (C=O) groups is 1. The molecule has 1 unspecified atom stereocenters. The quantitative estimate of drug-likeness (QED) is 0.732. The van der Waals surface area contributed by atoms with Crippen LogP contribution in [0.25, 0.3) is 0 Å². The van der Waals surface area contributed by atoms with Crippen molar-refractivity contribution >= 4 is 17.9 Å². The van der Waals surface area contributed by atoms with Crippen LogP contribution >= 0.6 is 0 Å². The van der Waals surface area contributed by atoms with Gasteiger partial charge < -0.3 is 14.4 Å². The third-order valence-corrected chi connectivity index (χ3v) is 3.80. The molecule has 24 heavy (non-hydrogen) atoms. The minimum Gasteiger partial charge on any atom is -0.462 e. The van der Waals surface area contributed by atoms with E-state index in [0.29, 0.717) is 19.5 Å². The first kappa shape index (κ1) is 18.5. The van der Waals surface area contributed by atoms with Crippen LogP contribution in [0.1, 0.15) is 46.0 Å². The summed E-state index contributed by atoms with van der Waals surface area (Å²) in [5, 5.41) is 0. The van der Waals surface area contributed by atoms with Gasteiger partial charge in [0.15, 0.2) is 5.90 Å². The molecule has 0 aromatic heterocycles. The molecule has 0 saturated carbocycles. The van der Waals surface area contributed by atoms with E-state index in [1.54, 1.807) is 11.8 Å². The van der Waals surface area contributed by atoms with Crippen molar-refractivity contribution in [1.29, 1.82) is 0 Å². The lowest BCUT2D eigenvalue weighted by molar-refractivity contribution is -0.204. The van der Waals surface area contributed by atoms with Gasteiger partial charge in [-0.05, 0) is 32.6 Å². The Balaban J connectivity index is 2.47. The fraction of sp³-hybridized carbons (Fsp3) is 0.800. The molecule has 1 fully saturated rings. The summed E-state index contributed by atoms with van der Waals surface area (Å²) in [6.45, 7) is 4.11. The van der Waals surface area contributed by atoms with Gasteiger partial charge in [0.25, 0.3) is 6.02 Å². The van der Waals surface area contributed by atoms with Crippen molar-refractivity contribution in [2.75, 3.05) is 19.7 Å². The van der Waals surface area contributed by atoms with Crippen molar-refractivity contribution in [3.05, 3.63) is 0 Å². The summed E-state index contributed by atoms with van der Waals surface area (Å²) in [6, 6.07) is -0.196. The number of ether oxygens (including phenoxy) is 2. The zero-order chi connectivity index (χ0) is 17.8. The highest BCUT2D eigenvalue weighted by Crippen LogP contribution is 2.39. The van der Waals surface area contributed by atoms with Gasteiger partial charge in [-0.1, -0.05) is 6.92 Å². The number of halogens is 3. The van der Waals surface area contributed by atoms with E-state index in [2.05, 4.69) is 14.7 Å². The third-order valence-electron chi connectivity index (χ3n) is 3.80. The Bertz CT molecular complexity index is 528. The predicted octanol–water partition coefficient (Wildman–Crippen LogP) is 2.88. The number of rotatable bonds is 4. The molecule has 0 bridgehead atoms. The van der Waals surface area contributed by atoms with Crippen LogP contribution in [0.2, 0.25) is 0 Å². The van der Waals surface area contributed by atoms with Crippen molar-refractivity contribution in [2.24, 2.45) is 9.98 Å². The van der Waals surface area contributed by atoms with E-state index in [9.17, 15) is 18.0 Å². The first-order valence-electron chi connectivity index (χ1n) is 8.19. The van der Waals surface area contributed by atoms with E-state index in [1.165, 1.54) is 6.92 Å². The molecule has 1 saturated heterocycles. The summed E-state index contributed by atoms with van der Waals surface area (Å²) in [5.41, 5.74) is -3.28. The molecule has 2 heterocycles. The number of hydrogen-bond donors (Lipinski definition) is 0. The lowest BCUT2D eigenvalue weighted by Gasteiger charge is -2.35. The van der Waals surface area contributed by atoms with E-state index >= 15 is 0 Å². The number of nitrogens with zero attached hydrogens (tertiary/aromatic N) is 3. The molecular weight excluding hydrogens is 327 g/mol. The summed E-state index contributed by atoms with van der Waals surface area (Å²) in [5.74, 6) is -1.66. The third kappa shape index (κ3) is 3.64. The number of carbonyl (C=O) groups excluding carboxylic acids is 1. The maximum absolute atomic E-state index is 13.7. The molecule has 0 radical (unpaired) electrons. The molecule has 0 aliphatic carbocycles. The number of esters is 1. The van der Waals surface area contributed by atoms with E-state index < -0.39 is 17.8 Å². The van der Waals surface area contributed by atoms with E-state index in [4.69, 9.17) is 4.74 Å². The fourth-order valence-electron chi connectivity index (χ4n) is 2.60. The molecule has 9 heteroatoms. The van der Waals surface area contributed by atoms with E-state index in [0.717, 1.165) is 19.3 Å². The Morgan fingerprint density at radius 1 is 1.25 bits per heavy atom. The van der Waals surface area contributed by atoms with Gasteiger partial charge in [-0.3, -0.25) is 0 Å². The monoisotopic (exact) mass is 349 g/mol. The Morgan fingerprint density at radius 2 is 1.92 bits per heavy atom. The zero-order valence-electron chi connectivity index (χ0n) is 13.9. The Hall–Kier alpha value is -1.80. The topological polar surface area (TPSA) is 63.5 Å². The normalized spacial score (nSPS) is 24.8. The highest BCUT2D eigenvalue weighted by Gasteiger charge is 2.65. The molecule has 2 aliphatic rings. The molecule has 2 aliphatic heterocycles. The van der Waals surface area contributed by atoms with Gasteiger partial charge in [-0.25, -0.2) is 9.79 Å². The first-order valence-corrected chi connectivity index (χ1v) is 8.19. The number of likely N-dealkylation sites (tertiary alicyclic amines) is 1. The summed E-state index contributed by atoms with van der Waals surface area (Å²) in [7, 11) is 0. The second kappa shape index (κ2) is 7.40. The van der Waals surface area contributed by atoms with Gasteiger partial charge in [0.1, 0.15) is 0 Å². The summed E-state index contributed by atoms with van der Waals surface area (Å²) in [4.78, 5) is 20.9. The van der Waals surface area contributed by atoms with Crippen LogP contribution in [0, 0.1) is 0 Å². The van der Waals surface area contributed by atoms with Crippen LogP contribution in [0.3, 0.4) is 0 Å². The molecule has 0 aromatic rings. The molecule has 136 valence electrons. The molecular formula is C15H22F3N3O3. The van der Waals surface area contributed by atoms with Crippen LogP contribution in [0.15, 0.2) is 9.98 Å². The minimum atomic E-state index is -5.01. The standard InChI is InChI=1S/C15H22F3N3O3/c1-3-8-11-19-14(15(16,17)18,12(22)23-4-2)20-13(24-11)21-9-6-5-7-10-21/h3-10H2,1-2H3. The molecule has 0 N–H and O–H groups in total. The summed E-state index contributed by atoms with van der Waals surface area (Å²) >= 11 is 0. The van der Waals surface area contributed by atoms with Crippen molar-refractivity contribution in [1.82, 2.24) is 4.90 Å². The first-order chi connectivity index (χ1) is 11.3. The van der Waals surface area contributed by atoms with Gasteiger partial charge in [0.05, 0.1) is 6.61 Å². The smallest absolute Gasteiger partial charge is 0.446 e. The highest BCUT2D eigenvalue weighted by molar-refractivity contribution is 5.97. The molecule has 0 amide bonds. The van der Waals surface area contributed by atoms with Crippen molar-refractivity contribution in [3.63, 3.8) is 0 Å². The summed E-state index contributed by atoms with van der Waals surface area (Å²) in [6.07, 6.45) is -1.62. The molecule has 1 atom stereocenters. The second-order valence-corrected chi connectivity index (χ2v) is 5.69. The Kier molecular flexibility index (Phi) is 5.71. The van der Waals surface area contributed by atoms with Crippen LogP contribution in [-0.4, -0.2) is 54.3 Å². The van der Waals surface area contributed by atoms with Gasteiger partial charge >= 0.3 is 17.8 Å². The SMILES string of the molecule is CCCC1=NC(C(=O)OCC)(C(F)(F)F)N=C(N2CCCCC2)O1. The average molecular weight is 349 g/mol. The van der Waals surface area contributed by atoms with E-state index in [1.807, 2.05) is 0 Å². The van der Waals surface area contributed by atoms with Crippen LogP contribution < -0.4 is 0 Å². The number of alkyl halides is 3. The fourth-order valence-corrected chi connectivity index (χ4v) is 2.60. The lowest BCUT2D eigenvalue weighted by Crippen LogP contribution is -2.55. The molecule has 0 spiro atoms. The Morgan fingerprint density at radius 3 is 2.46 bits per heavy atom.